The van der Waals surface area contributed by atoms with Gasteiger partial charge in [0.15, 0.2) is 0 Å². The Kier molecular flexibility index (Phi) is 6.71. The Morgan fingerprint density at radius 3 is 2.63 bits per heavy atom. The zero-order valence-electron chi connectivity index (χ0n) is 16.6. The molecule has 1 aromatic heterocycles. The SMILES string of the molecule is COCC(O)CNC(=O)c1cc(-c2ccc(C)cc2)nn(-c2cccc(F)c2)c1=O. The largest absolute Gasteiger partial charge is 0.389 e. The zero-order valence-corrected chi connectivity index (χ0v) is 16.6. The van der Waals surface area contributed by atoms with Gasteiger partial charge in [-0.3, -0.25) is 9.59 Å². The molecule has 0 saturated carbocycles. The predicted octanol–water partition coefficient (Wildman–Crippen LogP) is 2.08. The molecule has 1 unspecified atom stereocenters. The summed E-state index contributed by atoms with van der Waals surface area (Å²) in [5.74, 6) is -1.20. The fraction of sp³-hybridized carbons (Fsp3) is 0.227. The third kappa shape index (κ3) is 4.97. The Morgan fingerprint density at radius 2 is 1.97 bits per heavy atom. The van der Waals surface area contributed by atoms with Crippen molar-refractivity contribution in [2.45, 2.75) is 13.0 Å². The van der Waals surface area contributed by atoms with E-state index in [0.29, 0.717) is 11.3 Å². The van der Waals surface area contributed by atoms with E-state index in [1.165, 1.54) is 31.4 Å². The van der Waals surface area contributed by atoms with Gasteiger partial charge in [0.05, 0.1) is 24.1 Å². The van der Waals surface area contributed by atoms with Crippen LogP contribution in [0.4, 0.5) is 4.39 Å². The second-order valence-electron chi connectivity index (χ2n) is 6.83. The second-order valence-corrected chi connectivity index (χ2v) is 6.83. The number of carbonyl (C=O) groups is 1. The van der Waals surface area contributed by atoms with Crippen molar-refractivity contribution in [3.63, 3.8) is 0 Å². The number of rotatable bonds is 7. The average molecular weight is 411 g/mol. The van der Waals surface area contributed by atoms with Gasteiger partial charge in [0.1, 0.15) is 11.4 Å². The Morgan fingerprint density at radius 1 is 1.23 bits per heavy atom. The number of nitrogens with zero attached hydrogens (tertiary/aromatic N) is 2. The Balaban J connectivity index is 2.07. The van der Waals surface area contributed by atoms with Gasteiger partial charge < -0.3 is 15.2 Å². The number of aliphatic hydroxyl groups excluding tert-OH is 1. The number of hydrogen-bond acceptors (Lipinski definition) is 5. The van der Waals surface area contributed by atoms with Gasteiger partial charge in [-0.05, 0) is 31.2 Å². The summed E-state index contributed by atoms with van der Waals surface area (Å²) in [7, 11) is 1.43. The fourth-order valence-electron chi connectivity index (χ4n) is 2.86. The van der Waals surface area contributed by atoms with Crippen LogP contribution in [-0.2, 0) is 4.74 Å². The molecule has 8 heteroatoms. The zero-order chi connectivity index (χ0) is 21.7. The van der Waals surface area contributed by atoms with Crippen LogP contribution in [0.3, 0.4) is 0 Å². The van der Waals surface area contributed by atoms with Crippen molar-refractivity contribution < 1.29 is 19.0 Å². The lowest BCUT2D eigenvalue weighted by Crippen LogP contribution is -2.38. The summed E-state index contributed by atoms with van der Waals surface area (Å²) in [5.41, 5.74) is 1.44. The summed E-state index contributed by atoms with van der Waals surface area (Å²) in [6.45, 7) is 1.89. The molecular formula is C22H22FN3O4. The Hall–Kier alpha value is -3.36. The highest BCUT2D eigenvalue weighted by atomic mass is 19.1. The minimum atomic E-state index is -0.914. The third-order valence-electron chi connectivity index (χ3n) is 4.41. The summed E-state index contributed by atoms with van der Waals surface area (Å²) in [6.07, 6.45) is -0.914. The number of carbonyl (C=O) groups excluding carboxylic acids is 1. The molecule has 7 nitrogen and oxygen atoms in total. The maximum absolute atomic E-state index is 13.7. The highest BCUT2D eigenvalue weighted by Crippen LogP contribution is 2.19. The van der Waals surface area contributed by atoms with Gasteiger partial charge in [0.2, 0.25) is 0 Å². The monoisotopic (exact) mass is 411 g/mol. The number of ether oxygens (including phenoxy) is 1. The van der Waals surface area contributed by atoms with E-state index < -0.39 is 23.4 Å². The first kappa shape index (κ1) is 21.4. The molecule has 2 aromatic carbocycles. The van der Waals surface area contributed by atoms with Crippen LogP contribution in [-0.4, -0.2) is 47.2 Å². The molecule has 0 radical (unpaired) electrons. The molecule has 3 rings (SSSR count). The molecule has 2 N–H and O–H groups in total. The molecule has 0 fully saturated rings. The van der Waals surface area contributed by atoms with Crippen LogP contribution in [0.15, 0.2) is 59.4 Å². The van der Waals surface area contributed by atoms with E-state index in [0.717, 1.165) is 16.3 Å². The quantitative estimate of drug-likeness (QED) is 0.621. The number of amides is 1. The standard InChI is InChI=1S/C22H22FN3O4/c1-14-6-8-15(9-7-14)20-11-19(21(28)24-12-18(27)13-30-2)22(29)26(25-20)17-5-3-4-16(23)10-17/h3-11,18,27H,12-13H2,1-2H3,(H,24,28). The van der Waals surface area contributed by atoms with E-state index in [9.17, 15) is 19.1 Å². The van der Waals surface area contributed by atoms with Crippen molar-refractivity contribution >= 4 is 5.91 Å². The number of aliphatic hydroxyl groups is 1. The maximum atomic E-state index is 13.7. The summed E-state index contributed by atoms with van der Waals surface area (Å²) < 4.78 is 19.6. The van der Waals surface area contributed by atoms with Gasteiger partial charge in [-0.15, -0.1) is 0 Å². The normalized spacial score (nSPS) is 11.9. The van der Waals surface area contributed by atoms with E-state index >= 15 is 0 Å². The number of halogens is 1. The molecule has 0 aliphatic heterocycles. The molecule has 1 amide bonds. The minimum absolute atomic E-state index is 0.0404. The summed E-state index contributed by atoms with van der Waals surface area (Å²) in [5, 5.41) is 16.6. The van der Waals surface area contributed by atoms with Crippen LogP contribution in [0.5, 0.6) is 0 Å². The number of aryl methyl sites for hydroxylation is 1. The molecule has 0 aliphatic rings. The van der Waals surface area contributed by atoms with E-state index in [4.69, 9.17) is 4.74 Å². The molecule has 30 heavy (non-hydrogen) atoms. The Labute approximate surface area is 172 Å². The number of aromatic nitrogens is 2. The lowest BCUT2D eigenvalue weighted by atomic mass is 10.1. The molecule has 0 aliphatic carbocycles. The third-order valence-corrected chi connectivity index (χ3v) is 4.41. The molecular weight excluding hydrogens is 389 g/mol. The number of hydrogen-bond donors (Lipinski definition) is 2. The van der Waals surface area contributed by atoms with Gasteiger partial charge in [-0.1, -0.05) is 35.9 Å². The van der Waals surface area contributed by atoms with Crippen LogP contribution in [0.1, 0.15) is 15.9 Å². The van der Waals surface area contributed by atoms with Crippen LogP contribution in [0.25, 0.3) is 16.9 Å². The number of benzene rings is 2. The summed E-state index contributed by atoms with van der Waals surface area (Å²) in [4.78, 5) is 25.6. The predicted molar refractivity (Wildman–Crippen MR) is 110 cm³/mol. The van der Waals surface area contributed by atoms with Crippen molar-refractivity contribution in [1.82, 2.24) is 15.1 Å². The highest BCUT2D eigenvalue weighted by molar-refractivity contribution is 5.94. The van der Waals surface area contributed by atoms with Gasteiger partial charge in [-0.25, -0.2) is 4.39 Å². The highest BCUT2D eigenvalue weighted by Gasteiger charge is 2.18. The smallest absolute Gasteiger partial charge is 0.284 e. The van der Waals surface area contributed by atoms with Crippen LogP contribution in [0.2, 0.25) is 0 Å². The van der Waals surface area contributed by atoms with Gasteiger partial charge >= 0.3 is 0 Å². The van der Waals surface area contributed by atoms with Crippen LogP contribution >= 0.6 is 0 Å². The van der Waals surface area contributed by atoms with Gasteiger partial charge in [0.25, 0.3) is 11.5 Å². The van der Waals surface area contributed by atoms with Crippen LogP contribution < -0.4 is 10.9 Å². The van der Waals surface area contributed by atoms with E-state index in [1.807, 2.05) is 31.2 Å². The topological polar surface area (TPSA) is 93.4 Å². The molecule has 1 atom stereocenters. The van der Waals surface area contributed by atoms with Gasteiger partial charge in [0, 0.05) is 19.2 Å². The first-order chi connectivity index (χ1) is 14.4. The van der Waals surface area contributed by atoms with Crippen molar-refractivity contribution in [1.29, 1.82) is 0 Å². The first-order valence-electron chi connectivity index (χ1n) is 9.31. The van der Waals surface area contributed by atoms with Crippen molar-refractivity contribution in [2.75, 3.05) is 20.3 Å². The van der Waals surface area contributed by atoms with Crippen LogP contribution in [0, 0.1) is 12.7 Å². The second kappa shape index (κ2) is 9.43. The van der Waals surface area contributed by atoms with Crippen molar-refractivity contribution in [3.05, 3.63) is 81.9 Å². The van der Waals surface area contributed by atoms with Gasteiger partial charge in [-0.2, -0.15) is 9.78 Å². The van der Waals surface area contributed by atoms with E-state index in [2.05, 4.69) is 10.4 Å². The van der Waals surface area contributed by atoms with Crippen molar-refractivity contribution in [3.8, 4) is 16.9 Å². The lowest BCUT2D eigenvalue weighted by molar-refractivity contribution is 0.0609. The summed E-state index contributed by atoms with van der Waals surface area (Å²) >= 11 is 0. The Bertz CT molecular complexity index is 1100. The fourth-order valence-corrected chi connectivity index (χ4v) is 2.86. The molecule has 156 valence electrons. The average Bonchev–Trinajstić information content (AvgIpc) is 2.73. The van der Waals surface area contributed by atoms with Crippen molar-refractivity contribution in [2.24, 2.45) is 0 Å². The van der Waals surface area contributed by atoms with E-state index in [1.54, 1.807) is 0 Å². The molecule has 1 heterocycles. The summed E-state index contributed by atoms with van der Waals surface area (Å²) in [6, 6.07) is 14.2. The van der Waals surface area contributed by atoms with E-state index in [-0.39, 0.29) is 24.4 Å². The maximum Gasteiger partial charge on any atom is 0.284 e. The molecule has 0 bridgehead atoms. The number of nitrogens with one attached hydrogen (secondary N) is 1. The molecule has 0 spiro atoms. The first-order valence-corrected chi connectivity index (χ1v) is 9.31. The molecule has 0 saturated heterocycles. The lowest BCUT2D eigenvalue weighted by Gasteiger charge is -2.13. The minimum Gasteiger partial charge on any atom is -0.389 e. The number of methoxy groups -OCH3 is 1. The molecule has 3 aromatic rings.